The molecule has 0 saturated carbocycles. The molecule has 1 aromatic carbocycles. The summed E-state index contributed by atoms with van der Waals surface area (Å²) in [7, 11) is 2.60. The Morgan fingerprint density at radius 1 is 1.42 bits per heavy atom. The van der Waals surface area contributed by atoms with E-state index in [4.69, 9.17) is 4.74 Å². The Morgan fingerprint density at radius 3 is 2.68 bits per heavy atom. The number of amides is 1. The number of ether oxygens (including phenoxy) is 2. The summed E-state index contributed by atoms with van der Waals surface area (Å²) in [5.41, 5.74) is 0.256. The molecule has 1 atom stereocenters. The minimum absolute atomic E-state index is 0.00774. The average Bonchev–Trinajstić information content (AvgIpc) is 2.43. The molecule has 1 aromatic rings. The number of methoxy groups -OCH3 is 2. The van der Waals surface area contributed by atoms with Gasteiger partial charge in [0.15, 0.2) is 11.6 Å². The summed E-state index contributed by atoms with van der Waals surface area (Å²) >= 11 is 1.87. The van der Waals surface area contributed by atoms with E-state index in [1.807, 2.05) is 22.6 Å². The number of nitrogens with one attached hydrogen (secondary N) is 1. The van der Waals surface area contributed by atoms with Gasteiger partial charge in [0.2, 0.25) is 0 Å². The smallest absolute Gasteiger partial charge is 0.320 e. The normalized spacial score (nSPS) is 11.6. The van der Waals surface area contributed by atoms with Crippen LogP contribution in [0.15, 0.2) is 18.2 Å². The van der Waals surface area contributed by atoms with Crippen molar-refractivity contribution in [2.75, 3.05) is 20.8 Å². The van der Waals surface area contributed by atoms with Crippen molar-refractivity contribution in [3.63, 3.8) is 0 Å². The van der Waals surface area contributed by atoms with Gasteiger partial charge >= 0.3 is 5.97 Å². The summed E-state index contributed by atoms with van der Waals surface area (Å²) in [6.45, 7) is 0.131. The lowest BCUT2D eigenvalue weighted by Gasteiger charge is -2.10. The molecule has 0 saturated heterocycles. The molecule has 0 aromatic heterocycles. The molecule has 0 fully saturated rings. The fraction of sp³-hybridized carbons (Fsp3) is 0.333. The summed E-state index contributed by atoms with van der Waals surface area (Å²) in [5.74, 6) is -1.38. The number of esters is 1. The van der Waals surface area contributed by atoms with E-state index >= 15 is 0 Å². The van der Waals surface area contributed by atoms with E-state index in [2.05, 4.69) is 10.1 Å². The monoisotopic (exact) mass is 381 g/mol. The van der Waals surface area contributed by atoms with Gasteiger partial charge in [-0.2, -0.15) is 0 Å². The van der Waals surface area contributed by atoms with E-state index in [0.717, 1.165) is 6.07 Å². The molecular formula is C12H13FINO4. The molecule has 1 unspecified atom stereocenters. The van der Waals surface area contributed by atoms with E-state index in [9.17, 15) is 14.0 Å². The third-order valence-corrected chi connectivity index (χ3v) is 3.26. The Morgan fingerprint density at radius 2 is 2.11 bits per heavy atom. The maximum Gasteiger partial charge on any atom is 0.320 e. The first-order valence-electron chi connectivity index (χ1n) is 5.33. The number of benzene rings is 1. The Bertz CT molecular complexity index is 481. The quantitative estimate of drug-likeness (QED) is 0.478. The summed E-state index contributed by atoms with van der Waals surface area (Å²) in [6, 6.07) is 3.79. The van der Waals surface area contributed by atoms with Crippen LogP contribution in [0.25, 0.3) is 0 Å². The molecule has 7 heteroatoms. The Hall–Kier alpha value is -1.38. The zero-order chi connectivity index (χ0) is 14.4. The first-order valence-corrected chi connectivity index (χ1v) is 6.57. The molecule has 0 aliphatic rings. The zero-order valence-corrected chi connectivity index (χ0v) is 12.6. The Balaban J connectivity index is 2.66. The van der Waals surface area contributed by atoms with Crippen LogP contribution in [0.1, 0.15) is 10.4 Å². The van der Waals surface area contributed by atoms with Crippen LogP contribution in [0.4, 0.5) is 4.39 Å². The topological polar surface area (TPSA) is 64.6 Å². The Labute approximate surface area is 123 Å². The van der Waals surface area contributed by atoms with Gasteiger partial charge in [0.25, 0.3) is 5.91 Å². The van der Waals surface area contributed by atoms with Gasteiger partial charge < -0.3 is 14.8 Å². The molecule has 0 heterocycles. The number of carbonyl (C=O) groups is 2. The summed E-state index contributed by atoms with van der Waals surface area (Å²) in [6.07, 6.45) is 0. The first kappa shape index (κ1) is 15.7. The van der Waals surface area contributed by atoms with Crippen LogP contribution in [0, 0.1) is 5.82 Å². The van der Waals surface area contributed by atoms with E-state index in [-0.39, 0.29) is 17.9 Å². The standard InChI is InChI=1S/C12H13FINO4/c1-18-10-5-7(3-4-8(10)13)11(16)15-6-9(14)12(17)19-2/h3-5,9H,6H2,1-2H3,(H,15,16). The van der Waals surface area contributed by atoms with E-state index in [1.165, 1.54) is 26.4 Å². The molecule has 0 bridgehead atoms. The summed E-state index contributed by atoms with van der Waals surface area (Å²) in [5, 5.41) is 2.56. The van der Waals surface area contributed by atoms with Gasteiger partial charge in [-0.1, -0.05) is 22.6 Å². The minimum Gasteiger partial charge on any atom is -0.494 e. The predicted molar refractivity (Wildman–Crippen MR) is 75.1 cm³/mol. The highest BCUT2D eigenvalue weighted by atomic mass is 127. The molecule has 0 aliphatic carbocycles. The van der Waals surface area contributed by atoms with Crippen molar-refractivity contribution >= 4 is 34.5 Å². The van der Waals surface area contributed by atoms with E-state index in [0.29, 0.717) is 0 Å². The number of halogens is 2. The van der Waals surface area contributed by atoms with Crippen molar-refractivity contribution < 1.29 is 23.5 Å². The van der Waals surface area contributed by atoms with Crippen LogP contribution in [0.3, 0.4) is 0 Å². The number of hydrogen-bond acceptors (Lipinski definition) is 4. The predicted octanol–water partition coefficient (Wildman–Crippen LogP) is 1.54. The first-order chi connectivity index (χ1) is 8.99. The van der Waals surface area contributed by atoms with Crippen LogP contribution in [-0.2, 0) is 9.53 Å². The van der Waals surface area contributed by atoms with Crippen molar-refractivity contribution in [3.8, 4) is 5.75 Å². The largest absolute Gasteiger partial charge is 0.494 e. The van der Waals surface area contributed by atoms with Crippen LogP contribution in [0.5, 0.6) is 5.75 Å². The zero-order valence-electron chi connectivity index (χ0n) is 10.4. The van der Waals surface area contributed by atoms with E-state index in [1.54, 1.807) is 0 Å². The fourth-order valence-electron chi connectivity index (χ4n) is 1.30. The van der Waals surface area contributed by atoms with Crippen molar-refractivity contribution in [1.82, 2.24) is 5.32 Å². The van der Waals surface area contributed by atoms with Gasteiger partial charge in [0, 0.05) is 12.1 Å². The Kier molecular flexibility index (Phi) is 6.00. The molecule has 5 nitrogen and oxygen atoms in total. The highest BCUT2D eigenvalue weighted by Gasteiger charge is 2.17. The van der Waals surface area contributed by atoms with Crippen molar-refractivity contribution in [3.05, 3.63) is 29.6 Å². The average molecular weight is 381 g/mol. The second kappa shape index (κ2) is 7.27. The molecule has 0 radical (unpaired) electrons. The minimum atomic E-state index is -0.541. The molecule has 1 rings (SSSR count). The lowest BCUT2D eigenvalue weighted by atomic mass is 10.2. The van der Waals surface area contributed by atoms with Gasteiger partial charge in [0.1, 0.15) is 3.92 Å². The second-order valence-electron chi connectivity index (χ2n) is 3.55. The summed E-state index contributed by atoms with van der Waals surface area (Å²) < 4.78 is 22.0. The number of rotatable bonds is 5. The van der Waals surface area contributed by atoms with Crippen molar-refractivity contribution in [2.45, 2.75) is 3.92 Å². The fourth-order valence-corrected chi connectivity index (χ4v) is 1.77. The SMILES string of the molecule is COC(=O)C(I)CNC(=O)c1ccc(F)c(OC)c1. The van der Waals surface area contributed by atoms with Crippen LogP contribution in [0.2, 0.25) is 0 Å². The number of hydrogen-bond donors (Lipinski definition) is 1. The van der Waals surface area contributed by atoms with Crippen LogP contribution >= 0.6 is 22.6 Å². The molecule has 19 heavy (non-hydrogen) atoms. The van der Waals surface area contributed by atoms with Gasteiger partial charge in [-0.15, -0.1) is 0 Å². The van der Waals surface area contributed by atoms with Gasteiger partial charge in [0.05, 0.1) is 14.2 Å². The van der Waals surface area contributed by atoms with Crippen molar-refractivity contribution in [1.29, 1.82) is 0 Å². The molecule has 1 amide bonds. The molecule has 104 valence electrons. The van der Waals surface area contributed by atoms with Crippen LogP contribution in [-0.4, -0.2) is 36.6 Å². The lowest BCUT2D eigenvalue weighted by molar-refractivity contribution is -0.139. The van der Waals surface area contributed by atoms with Gasteiger partial charge in [-0.3, -0.25) is 9.59 Å². The van der Waals surface area contributed by atoms with E-state index < -0.39 is 21.6 Å². The third-order valence-electron chi connectivity index (χ3n) is 2.31. The molecule has 0 spiro atoms. The summed E-state index contributed by atoms with van der Waals surface area (Å²) in [4.78, 5) is 23.0. The van der Waals surface area contributed by atoms with Gasteiger partial charge in [-0.25, -0.2) is 4.39 Å². The molecular weight excluding hydrogens is 368 g/mol. The number of alkyl halides is 1. The van der Waals surface area contributed by atoms with Crippen LogP contribution < -0.4 is 10.1 Å². The van der Waals surface area contributed by atoms with Gasteiger partial charge in [-0.05, 0) is 18.2 Å². The number of carbonyl (C=O) groups excluding carboxylic acids is 2. The maximum absolute atomic E-state index is 13.2. The molecule has 0 aliphatic heterocycles. The third kappa shape index (κ3) is 4.34. The highest BCUT2D eigenvalue weighted by molar-refractivity contribution is 14.1. The maximum atomic E-state index is 13.2. The second-order valence-corrected chi connectivity index (χ2v) is 5.05. The lowest BCUT2D eigenvalue weighted by Crippen LogP contribution is -2.33. The highest BCUT2D eigenvalue weighted by Crippen LogP contribution is 2.18. The van der Waals surface area contributed by atoms with Crippen molar-refractivity contribution in [2.24, 2.45) is 0 Å². The molecule has 1 N–H and O–H groups in total.